The Morgan fingerprint density at radius 1 is 1.23 bits per heavy atom. The van der Waals surface area contributed by atoms with E-state index in [2.05, 4.69) is 25.8 Å². The van der Waals surface area contributed by atoms with Gasteiger partial charge in [0.15, 0.2) is 5.96 Å². The molecular weight excluding hydrogens is 497 g/mol. The molecule has 0 aromatic heterocycles. The molecule has 0 radical (unpaired) electrons. The number of carbonyl (C=O) groups excluding carboxylic acids is 1. The maximum atomic E-state index is 11.7. The second-order valence-electron chi connectivity index (χ2n) is 7.56. The number of rotatable bonds is 9. The highest BCUT2D eigenvalue weighted by Crippen LogP contribution is 2.24. The summed E-state index contributed by atoms with van der Waals surface area (Å²) in [6, 6.07) is 6.46. The molecule has 30 heavy (non-hydrogen) atoms. The average Bonchev–Trinajstić information content (AvgIpc) is 3.12. The van der Waals surface area contributed by atoms with Crippen LogP contribution in [0, 0.1) is 0 Å². The van der Waals surface area contributed by atoms with Crippen molar-refractivity contribution in [2.45, 2.75) is 45.3 Å². The lowest BCUT2D eigenvalue weighted by atomic mass is 10.2. The van der Waals surface area contributed by atoms with Gasteiger partial charge in [-0.25, -0.2) is 0 Å². The predicted molar refractivity (Wildman–Crippen MR) is 131 cm³/mol. The fourth-order valence-corrected chi connectivity index (χ4v) is 3.39. The molecule has 0 bridgehead atoms. The van der Waals surface area contributed by atoms with E-state index in [4.69, 9.17) is 9.47 Å². The summed E-state index contributed by atoms with van der Waals surface area (Å²) in [6.07, 6.45) is 1.46. The van der Waals surface area contributed by atoms with Gasteiger partial charge in [0.1, 0.15) is 11.5 Å². The number of guanidine groups is 1. The second-order valence-corrected chi connectivity index (χ2v) is 7.56. The van der Waals surface area contributed by atoms with Crippen molar-refractivity contribution in [2.24, 2.45) is 4.99 Å². The zero-order valence-corrected chi connectivity index (χ0v) is 21.0. The van der Waals surface area contributed by atoms with Gasteiger partial charge in [-0.15, -0.1) is 24.0 Å². The molecule has 1 aliphatic rings. The quantitative estimate of drug-likeness (QED) is 0.256. The third-order valence-electron chi connectivity index (χ3n) is 4.75. The van der Waals surface area contributed by atoms with Crippen molar-refractivity contribution < 1.29 is 14.3 Å². The molecule has 1 atom stereocenters. The molecule has 9 heteroatoms. The molecule has 8 nitrogen and oxygen atoms in total. The first-order chi connectivity index (χ1) is 13.9. The minimum atomic E-state index is 0. The van der Waals surface area contributed by atoms with Crippen molar-refractivity contribution in [3.8, 4) is 11.5 Å². The smallest absolute Gasteiger partial charge is 0.221 e. The van der Waals surface area contributed by atoms with Gasteiger partial charge in [0, 0.05) is 57.8 Å². The summed E-state index contributed by atoms with van der Waals surface area (Å²) in [5.74, 6) is 2.39. The third kappa shape index (κ3) is 8.95. The zero-order chi connectivity index (χ0) is 21.2. The zero-order valence-electron chi connectivity index (χ0n) is 18.7. The average molecular weight is 533 g/mol. The van der Waals surface area contributed by atoms with Crippen molar-refractivity contribution in [1.82, 2.24) is 20.9 Å². The minimum Gasteiger partial charge on any atom is -0.497 e. The van der Waals surface area contributed by atoms with E-state index in [-0.39, 0.29) is 35.9 Å². The van der Waals surface area contributed by atoms with Crippen molar-refractivity contribution in [1.29, 1.82) is 0 Å². The summed E-state index contributed by atoms with van der Waals surface area (Å²) in [5, 5.41) is 9.57. The summed E-state index contributed by atoms with van der Waals surface area (Å²) in [5.41, 5.74) is 1.17. The largest absolute Gasteiger partial charge is 0.497 e. The van der Waals surface area contributed by atoms with Gasteiger partial charge < -0.3 is 25.4 Å². The Labute approximate surface area is 197 Å². The van der Waals surface area contributed by atoms with Crippen LogP contribution in [0.1, 0.15) is 32.3 Å². The topological polar surface area (TPSA) is 87.2 Å². The summed E-state index contributed by atoms with van der Waals surface area (Å²) >= 11 is 0. The van der Waals surface area contributed by atoms with E-state index in [1.165, 1.54) is 5.56 Å². The molecule has 1 unspecified atom stereocenters. The normalized spacial score (nSPS) is 16.7. The maximum Gasteiger partial charge on any atom is 0.221 e. The highest BCUT2D eigenvalue weighted by atomic mass is 127. The molecular formula is C21H36IN5O3. The van der Waals surface area contributed by atoms with Gasteiger partial charge in [0.05, 0.1) is 14.2 Å². The van der Waals surface area contributed by atoms with E-state index in [0.29, 0.717) is 19.0 Å². The van der Waals surface area contributed by atoms with E-state index >= 15 is 0 Å². The number of methoxy groups -OCH3 is 2. The molecule has 2 rings (SSSR count). The molecule has 1 fully saturated rings. The van der Waals surface area contributed by atoms with Crippen LogP contribution < -0.4 is 25.4 Å². The molecule has 3 N–H and O–H groups in total. The van der Waals surface area contributed by atoms with E-state index in [1.807, 2.05) is 32.0 Å². The molecule has 0 aliphatic carbocycles. The summed E-state index contributed by atoms with van der Waals surface area (Å²) in [6.45, 7) is 7.24. The van der Waals surface area contributed by atoms with Crippen LogP contribution in [-0.2, 0) is 11.3 Å². The first-order valence-electron chi connectivity index (χ1n) is 10.1. The molecule has 170 valence electrons. The first-order valence-corrected chi connectivity index (χ1v) is 10.1. The van der Waals surface area contributed by atoms with Crippen LogP contribution in [0.3, 0.4) is 0 Å². The lowest BCUT2D eigenvalue weighted by molar-refractivity contribution is -0.121. The number of nitrogens with one attached hydrogen (secondary N) is 3. The number of ether oxygens (including phenoxy) is 2. The molecule has 0 saturated carbocycles. The van der Waals surface area contributed by atoms with Crippen LogP contribution in [0.2, 0.25) is 0 Å². The van der Waals surface area contributed by atoms with E-state index in [0.717, 1.165) is 43.5 Å². The van der Waals surface area contributed by atoms with Gasteiger partial charge in [-0.05, 0) is 38.0 Å². The number of hydrogen-bond donors (Lipinski definition) is 3. The standard InChI is InChI=1S/C21H35N5O3.HI/c1-15(2)24-20(27)6-8-23-21(22-3)25-17-7-9-26(14-17)13-16-10-18(28-4)12-19(11-16)29-5;/h10-12,15,17H,6-9,13-14H2,1-5H3,(H,24,27)(H2,22,23,25);1H. The van der Waals surface area contributed by atoms with Crippen LogP contribution in [0.15, 0.2) is 23.2 Å². The number of halogens is 1. The Balaban J connectivity index is 0.00000450. The molecule has 1 aliphatic heterocycles. The summed E-state index contributed by atoms with van der Waals surface area (Å²) in [7, 11) is 5.08. The number of aliphatic imine (C=N–C) groups is 1. The Bertz CT molecular complexity index is 677. The number of likely N-dealkylation sites (tertiary alicyclic amines) is 1. The molecule has 1 aromatic carbocycles. The van der Waals surface area contributed by atoms with Gasteiger partial charge in [0.2, 0.25) is 5.91 Å². The Kier molecular flexibility index (Phi) is 11.9. The SMILES string of the molecule is CN=C(NCCC(=O)NC(C)C)NC1CCN(Cc2cc(OC)cc(OC)c2)C1.I. The van der Waals surface area contributed by atoms with Gasteiger partial charge >= 0.3 is 0 Å². The Morgan fingerprint density at radius 3 is 2.47 bits per heavy atom. The molecule has 1 heterocycles. The number of amides is 1. The third-order valence-corrected chi connectivity index (χ3v) is 4.75. The van der Waals surface area contributed by atoms with Gasteiger partial charge in [-0.3, -0.25) is 14.7 Å². The highest BCUT2D eigenvalue weighted by molar-refractivity contribution is 14.0. The maximum absolute atomic E-state index is 11.7. The van der Waals surface area contributed by atoms with Gasteiger partial charge in [-0.1, -0.05) is 0 Å². The molecule has 0 spiro atoms. The van der Waals surface area contributed by atoms with Crippen molar-refractivity contribution in [3.05, 3.63) is 23.8 Å². The van der Waals surface area contributed by atoms with Gasteiger partial charge in [-0.2, -0.15) is 0 Å². The summed E-state index contributed by atoms with van der Waals surface area (Å²) < 4.78 is 10.7. The number of nitrogens with zero attached hydrogens (tertiary/aromatic N) is 2. The predicted octanol–water partition coefficient (Wildman–Crippen LogP) is 1.98. The molecule has 1 amide bonds. The number of benzene rings is 1. The highest BCUT2D eigenvalue weighted by Gasteiger charge is 2.23. The van der Waals surface area contributed by atoms with Crippen molar-refractivity contribution in [3.63, 3.8) is 0 Å². The number of carbonyl (C=O) groups is 1. The van der Waals surface area contributed by atoms with Crippen LogP contribution in [-0.4, -0.2) is 69.8 Å². The Morgan fingerprint density at radius 2 is 1.90 bits per heavy atom. The van der Waals surface area contributed by atoms with Crippen molar-refractivity contribution >= 4 is 35.8 Å². The van der Waals surface area contributed by atoms with Crippen LogP contribution in [0.4, 0.5) is 0 Å². The lowest BCUT2D eigenvalue weighted by Crippen LogP contribution is -2.45. The fourth-order valence-electron chi connectivity index (χ4n) is 3.39. The monoisotopic (exact) mass is 533 g/mol. The second kappa shape index (κ2) is 13.5. The number of hydrogen-bond acceptors (Lipinski definition) is 5. The van der Waals surface area contributed by atoms with E-state index < -0.39 is 0 Å². The summed E-state index contributed by atoms with van der Waals surface area (Å²) in [4.78, 5) is 18.4. The lowest BCUT2D eigenvalue weighted by Gasteiger charge is -2.19. The Hall–Kier alpha value is -1.75. The van der Waals surface area contributed by atoms with E-state index in [1.54, 1.807) is 21.3 Å². The minimum absolute atomic E-state index is 0. The van der Waals surface area contributed by atoms with E-state index in [9.17, 15) is 4.79 Å². The van der Waals surface area contributed by atoms with Crippen LogP contribution in [0.25, 0.3) is 0 Å². The van der Waals surface area contributed by atoms with Crippen molar-refractivity contribution in [2.75, 3.05) is 40.9 Å². The van der Waals surface area contributed by atoms with Crippen LogP contribution >= 0.6 is 24.0 Å². The first kappa shape index (κ1) is 26.3. The fraction of sp³-hybridized carbons (Fsp3) is 0.619. The van der Waals surface area contributed by atoms with Crippen LogP contribution in [0.5, 0.6) is 11.5 Å². The molecule has 1 saturated heterocycles. The van der Waals surface area contributed by atoms with Gasteiger partial charge in [0.25, 0.3) is 0 Å². The molecule has 1 aromatic rings.